The van der Waals surface area contributed by atoms with Crippen molar-refractivity contribution in [1.29, 1.82) is 0 Å². The molecule has 61 heavy (non-hydrogen) atoms. The fraction of sp³-hybridized carbons (Fsp3) is 0.244. The van der Waals surface area contributed by atoms with Gasteiger partial charge in [0.05, 0.1) is 7.11 Å². The number of hydrogen-bond acceptors (Lipinski definition) is 12. The molecule has 1 aromatic heterocycles. The van der Waals surface area contributed by atoms with Crippen LogP contribution in [0.3, 0.4) is 0 Å². The van der Waals surface area contributed by atoms with Crippen LogP contribution in [0.25, 0.3) is 0 Å². The second-order valence-electron chi connectivity index (χ2n) is 14.8. The van der Waals surface area contributed by atoms with E-state index in [1.165, 1.54) is 16.7 Å². The number of thiazole rings is 1. The maximum Gasteiger partial charge on any atom is 0.413 e. The van der Waals surface area contributed by atoms with Crippen molar-refractivity contribution < 1.29 is 38.2 Å². The molecule has 2 atom stereocenters. The second kappa shape index (κ2) is 18.6. The maximum absolute atomic E-state index is 14.6. The molecule has 3 heterocycles. The lowest BCUT2D eigenvalue weighted by Gasteiger charge is -2.49. The van der Waals surface area contributed by atoms with Crippen LogP contribution in [0.5, 0.6) is 5.75 Å². The lowest BCUT2D eigenvalue weighted by Crippen LogP contribution is -2.71. The number of methoxy groups -OCH3 is 1. The molecule has 0 radical (unpaired) electrons. The molecule has 2 aliphatic heterocycles. The molecule has 16 heteroatoms. The standard InChI is InChI=1S/C45H42ClN5O8S2/c1-44(2,3)58-43(55)49-42-47-34(27-61-42)35(50-59-45(30-14-8-5-9-15-30,31-16-10-6-11-17-31)32-18-12-7-13-19-32)38(52)48-36-39(53)51-37(29(24-46)26-60-40(36)51)41(54)57-25-28-20-22-33(56-4)23-21-28/h5-23,27,36,40H,24-26H2,1-4H3,(H,48,52)(H,47,49,55)/t36-,40-/m1/s1. The summed E-state index contributed by atoms with van der Waals surface area (Å²) in [6.45, 7) is 5.16. The van der Waals surface area contributed by atoms with E-state index in [0.717, 1.165) is 33.6 Å². The van der Waals surface area contributed by atoms with Crippen molar-refractivity contribution in [2.45, 2.75) is 50.0 Å². The Morgan fingerprint density at radius 2 is 1.48 bits per heavy atom. The van der Waals surface area contributed by atoms with Gasteiger partial charge in [-0.1, -0.05) is 108 Å². The summed E-state index contributed by atoms with van der Waals surface area (Å²) in [5.74, 6) is -1.06. The van der Waals surface area contributed by atoms with Crippen molar-refractivity contribution >= 4 is 69.4 Å². The SMILES string of the molecule is COc1ccc(COC(=O)C2=C(CCl)CS[C@@H]3[C@H](NC(=O)C(=NOC(c4ccccc4)(c4ccccc4)c4ccccc4)c4csc(NC(=O)OC(C)(C)C)n4)C(=O)N23)cc1. The molecule has 2 aliphatic rings. The molecule has 0 aliphatic carbocycles. The van der Waals surface area contributed by atoms with E-state index in [1.807, 2.05) is 91.0 Å². The maximum atomic E-state index is 14.6. The molecule has 0 bridgehead atoms. The molecule has 0 unspecified atom stereocenters. The van der Waals surface area contributed by atoms with E-state index < -0.39 is 46.5 Å². The summed E-state index contributed by atoms with van der Waals surface area (Å²) in [7, 11) is 1.56. The number of ether oxygens (including phenoxy) is 3. The van der Waals surface area contributed by atoms with Crippen molar-refractivity contribution in [1.82, 2.24) is 15.2 Å². The van der Waals surface area contributed by atoms with Gasteiger partial charge in [-0.25, -0.2) is 14.6 Å². The van der Waals surface area contributed by atoms with Gasteiger partial charge in [0.25, 0.3) is 11.8 Å². The van der Waals surface area contributed by atoms with Crippen molar-refractivity contribution in [3.8, 4) is 5.75 Å². The number of aromatic nitrogens is 1. The molecule has 0 saturated carbocycles. The summed E-state index contributed by atoms with van der Waals surface area (Å²) < 4.78 is 16.3. The van der Waals surface area contributed by atoms with E-state index >= 15 is 0 Å². The molecular formula is C45H42ClN5O8S2. The van der Waals surface area contributed by atoms with E-state index in [4.69, 9.17) is 30.6 Å². The van der Waals surface area contributed by atoms with E-state index in [2.05, 4.69) is 20.8 Å². The van der Waals surface area contributed by atoms with Crippen LogP contribution in [0.15, 0.2) is 137 Å². The third-order valence-electron chi connectivity index (χ3n) is 9.60. The van der Waals surface area contributed by atoms with Gasteiger partial charge >= 0.3 is 12.1 Å². The smallest absolute Gasteiger partial charge is 0.413 e. The van der Waals surface area contributed by atoms with Gasteiger partial charge in [-0.3, -0.25) is 19.8 Å². The number of nitrogens with one attached hydrogen (secondary N) is 2. The molecule has 314 valence electrons. The van der Waals surface area contributed by atoms with Crippen LogP contribution in [0.1, 0.15) is 48.7 Å². The molecule has 0 spiro atoms. The van der Waals surface area contributed by atoms with Gasteiger partial charge in [-0.2, -0.15) is 0 Å². The first-order valence-electron chi connectivity index (χ1n) is 19.1. The quantitative estimate of drug-likeness (QED) is 0.0281. The average Bonchev–Trinajstić information content (AvgIpc) is 3.73. The van der Waals surface area contributed by atoms with Crippen molar-refractivity contribution in [3.05, 3.63) is 160 Å². The summed E-state index contributed by atoms with van der Waals surface area (Å²) in [6.07, 6.45) is -0.735. The van der Waals surface area contributed by atoms with E-state index in [9.17, 15) is 19.2 Å². The number of carbonyl (C=O) groups excluding carboxylic acids is 4. The minimum atomic E-state index is -1.37. The zero-order valence-corrected chi connectivity index (χ0v) is 36.0. The molecule has 2 N–H and O–H groups in total. The summed E-state index contributed by atoms with van der Waals surface area (Å²) in [6, 6.07) is 34.4. The van der Waals surface area contributed by atoms with Crippen LogP contribution in [-0.4, -0.2) is 75.2 Å². The number of thioether (sulfide) groups is 1. The number of rotatable bonds is 14. The predicted octanol–water partition coefficient (Wildman–Crippen LogP) is 7.85. The second-order valence-corrected chi connectivity index (χ2v) is 17.1. The number of amides is 3. The zero-order chi connectivity index (χ0) is 43.1. The molecule has 1 fully saturated rings. The molecule has 1 saturated heterocycles. The van der Waals surface area contributed by atoms with Crippen LogP contribution in [0, 0.1) is 0 Å². The van der Waals surface area contributed by atoms with Gasteiger partial charge < -0.3 is 24.4 Å². The molecule has 7 rings (SSSR count). The largest absolute Gasteiger partial charge is 0.497 e. The lowest BCUT2D eigenvalue weighted by atomic mass is 9.80. The fourth-order valence-electron chi connectivity index (χ4n) is 6.75. The van der Waals surface area contributed by atoms with Gasteiger partial charge in [-0.05, 0) is 44.0 Å². The first-order chi connectivity index (χ1) is 29.4. The Hall–Kier alpha value is -6.16. The zero-order valence-electron chi connectivity index (χ0n) is 33.6. The van der Waals surface area contributed by atoms with Crippen LogP contribution in [0.4, 0.5) is 9.93 Å². The Bertz CT molecular complexity index is 2340. The molecule has 3 amide bonds. The van der Waals surface area contributed by atoms with E-state index in [1.54, 1.807) is 57.5 Å². The predicted molar refractivity (Wildman–Crippen MR) is 234 cm³/mol. The monoisotopic (exact) mass is 879 g/mol. The average molecular weight is 880 g/mol. The summed E-state index contributed by atoms with van der Waals surface area (Å²) in [4.78, 5) is 67.3. The number of benzene rings is 4. The highest BCUT2D eigenvalue weighted by Crippen LogP contribution is 2.42. The Labute approximate surface area is 366 Å². The first kappa shape index (κ1) is 42.9. The Balaban J connectivity index is 1.21. The number of β-lactam (4-membered cyclic amide) rings is 1. The number of fused-ring (bicyclic) bond motifs is 1. The number of oxime groups is 1. The number of alkyl halides is 1. The minimum Gasteiger partial charge on any atom is -0.497 e. The normalized spacial score (nSPS) is 16.5. The number of hydrogen-bond donors (Lipinski definition) is 2. The minimum absolute atomic E-state index is 0.00285. The Kier molecular flexibility index (Phi) is 13.1. The van der Waals surface area contributed by atoms with Crippen LogP contribution >= 0.6 is 34.7 Å². The number of esters is 1. The Morgan fingerprint density at radius 3 is 2.02 bits per heavy atom. The topological polar surface area (TPSA) is 158 Å². The molecule has 13 nitrogen and oxygen atoms in total. The van der Waals surface area contributed by atoms with Gasteiger partial charge in [0.1, 0.15) is 40.8 Å². The highest BCUT2D eigenvalue weighted by molar-refractivity contribution is 8.00. The van der Waals surface area contributed by atoms with E-state index in [-0.39, 0.29) is 34.7 Å². The molecular weight excluding hydrogens is 838 g/mol. The van der Waals surface area contributed by atoms with Gasteiger partial charge in [0.2, 0.25) is 5.60 Å². The third kappa shape index (κ3) is 9.43. The first-order valence-corrected chi connectivity index (χ1v) is 21.6. The highest BCUT2D eigenvalue weighted by atomic mass is 35.5. The van der Waals surface area contributed by atoms with Gasteiger partial charge in [0.15, 0.2) is 10.8 Å². The van der Waals surface area contributed by atoms with Crippen LogP contribution in [0.2, 0.25) is 0 Å². The number of halogens is 1. The van der Waals surface area contributed by atoms with E-state index in [0.29, 0.717) is 17.1 Å². The van der Waals surface area contributed by atoms with Crippen LogP contribution < -0.4 is 15.4 Å². The number of nitrogens with zero attached hydrogens (tertiary/aromatic N) is 3. The summed E-state index contributed by atoms with van der Waals surface area (Å²) >= 11 is 8.68. The summed E-state index contributed by atoms with van der Waals surface area (Å²) in [5.41, 5.74) is 1.11. The summed E-state index contributed by atoms with van der Waals surface area (Å²) in [5, 5.41) is 11.0. The Morgan fingerprint density at radius 1 is 0.885 bits per heavy atom. The van der Waals surface area contributed by atoms with Crippen molar-refractivity contribution in [2.24, 2.45) is 5.16 Å². The third-order valence-corrected chi connectivity index (χ3v) is 12.0. The van der Waals surface area contributed by atoms with Gasteiger partial charge in [-0.15, -0.1) is 34.7 Å². The molecule has 4 aromatic carbocycles. The lowest BCUT2D eigenvalue weighted by molar-refractivity contribution is -0.153. The number of anilines is 1. The van der Waals surface area contributed by atoms with Crippen molar-refractivity contribution in [2.75, 3.05) is 24.1 Å². The number of carbonyl (C=O) groups is 4. The van der Waals surface area contributed by atoms with Crippen LogP contribution in [-0.2, 0) is 40.9 Å². The van der Waals surface area contributed by atoms with Crippen molar-refractivity contribution in [3.63, 3.8) is 0 Å². The van der Waals surface area contributed by atoms with Gasteiger partial charge in [0, 0.05) is 33.7 Å². The fourth-order valence-corrected chi connectivity index (χ4v) is 9.11. The molecule has 5 aromatic rings. The highest BCUT2D eigenvalue weighted by Gasteiger charge is 2.55.